The zero-order chi connectivity index (χ0) is 29.3. The van der Waals surface area contributed by atoms with Crippen LogP contribution in [0.25, 0.3) is 0 Å². The molecule has 0 spiro atoms. The standard InChI is InChI=1S/C37H38O4/c1-23-15-7-9-17-26(23)32-29-20-12-11-19-28(29)25(3)33(40-35(38)27-18-10-8-16-24(27)2)34(32)41-36(39)30-21-13-14-22-31(30)37(4,5)6/h7-22,25,32-34H,1-6H3. The van der Waals surface area contributed by atoms with Gasteiger partial charge >= 0.3 is 11.9 Å². The Labute approximate surface area is 243 Å². The van der Waals surface area contributed by atoms with Gasteiger partial charge in [0, 0.05) is 5.92 Å². The monoisotopic (exact) mass is 546 g/mol. The zero-order valence-corrected chi connectivity index (χ0v) is 24.7. The summed E-state index contributed by atoms with van der Waals surface area (Å²) in [7, 11) is 0. The number of ether oxygens (including phenoxy) is 2. The van der Waals surface area contributed by atoms with E-state index in [1.165, 1.54) is 0 Å². The van der Waals surface area contributed by atoms with E-state index in [1.54, 1.807) is 6.07 Å². The van der Waals surface area contributed by atoms with Gasteiger partial charge in [0.1, 0.15) is 6.10 Å². The van der Waals surface area contributed by atoms with Crippen LogP contribution in [0.4, 0.5) is 0 Å². The molecule has 1 aliphatic carbocycles. The fraction of sp³-hybridized carbons (Fsp3) is 0.297. The molecule has 0 bridgehead atoms. The van der Waals surface area contributed by atoms with Gasteiger partial charge in [0.25, 0.3) is 0 Å². The number of carbonyl (C=O) groups excluding carboxylic acids is 2. The molecule has 0 aromatic heterocycles. The lowest BCUT2D eigenvalue weighted by Gasteiger charge is -2.42. The molecule has 41 heavy (non-hydrogen) atoms. The Bertz CT molecular complexity index is 1580. The van der Waals surface area contributed by atoms with E-state index in [2.05, 4.69) is 52.0 Å². The Morgan fingerprint density at radius 3 is 1.71 bits per heavy atom. The molecule has 4 nitrogen and oxygen atoms in total. The van der Waals surface area contributed by atoms with Crippen molar-refractivity contribution in [1.29, 1.82) is 0 Å². The minimum Gasteiger partial charge on any atom is -0.454 e. The van der Waals surface area contributed by atoms with E-state index in [0.29, 0.717) is 11.1 Å². The van der Waals surface area contributed by atoms with E-state index >= 15 is 0 Å². The molecule has 4 atom stereocenters. The van der Waals surface area contributed by atoms with Gasteiger partial charge in [0.15, 0.2) is 6.10 Å². The molecule has 0 amide bonds. The fourth-order valence-electron chi connectivity index (χ4n) is 6.11. The molecular formula is C37H38O4. The Morgan fingerprint density at radius 1 is 0.585 bits per heavy atom. The average Bonchev–Trinajstić information content (AvgIpc) is 2.95. The van der Waals surface area contributed by atoms with Gasteiger partial charge in [-0.05, 0) is 64.8 Å². The molecule has 4 aromatic rings. The topological polar surface area (TPSA) is 52.6 Å². The Kier molecular flexibility index (Phi) is 7.86. The van der Waals surface area contributed by atoms with Crippen molar-refractivity contribution in [2.24, 2.45) is 0 Å². The maximum Gasteiger partial charge on any atom is 0.338 e. The number of fused-ring (bicyclic) bond motifs is 1. The second kappa shape index (κ2) is 11.4. The molecule has 0 saturated carbocycles. The molecule has 5 rings (SSSR count). The predicted molar refractivity (Wildman–Crippen MR) is 163 cm³/mol. The molecule has 0 aliphatic heterocycles. The number of carbonyl (C=O) groups is 2. The first-order valence-corrected chi connectivity index (χ1v) is 14.3. The van der Waals surface area contributed by atoms with Crippen LogP contribution in [-0.2, 0) is 14.9 Å². The van der Waals surface area contributed by atoms with Gasteiger partial charge < -0.3 is 9.47 Å². The molecule has 4 aromatic carbocycles. The van der Waals surface area contributed by atoms with E-state index in [4.69, 9.17) is 9.47 Å². The number of hydrogen-bond acceptors (Lipinski definition) is 4. The van der Waals surface area contributed by atoms with Crippen molar-refractivity contribution < 1.29 is 19.1 Å². The highest BCUT2D eigenvalue weighted by Gasteiger charge is 2.47. The van der Waals surface area contributed by atoms with E-state index in [1.807, 2.05) is 80.6 Å². The van der Waals surface area contributed by atoms with E-state index in [0.717, 1.165) is 33.4 Å². The molecule has 210 valence electrons. The van der Waals surface area contributed by atoms with Crippen LogP contribution in [0, 0.1) is 13.8 Å². The molecule has 0 N–H and O–H groups in total. The average molecular weight is 547 g/mol. The van der Waals surface area contributed by atoms with Crippen LogP contribution in [0.15, 0.2) is 97.1 Å². The van der Waals surface area contributed by atoms with Crippen molar-refractivity contribution in [2.75, 3.05) is 0 Å². The lowest BCUT2D eigenvalue weighted by molar-refractivity contribution is -0.0533. The van der Waals surface area contributed by atoms with E-state index in [-0.39, 0.29) is 17.3 Å². The Balaban J connectivity index is 1.65. The summed E-state index contributed by atoms with van der Waals surface area (Å²) in [5.41, 5.74) is 6.83. The molecular weight excluding hydrogens is 508 g/mol. The normalized spacial score (nSPS) is 20.1. The highest BCUT2D eigenvalue weighted by atomic mass is 16.6. The van der Waals surface area contributed by atoms with Crippen LogP contribution in [0.5, 0.6) is 0 Å². The first-order valence-electron chi connectivity index (χ1n) is 14.3. The lowest BCUT2D eigenvalue weighted by atomic mass is 9.70. The van der Waals surface area contributed by atoms with Gasteiger partial charge in [-0.15, -0.1) is 0 Å². The van der Waals surface area contributed by atoms with E-state index < -0.39 is 24.1 Å². The maximum absolute atomic E-state index is 14.1. The van der Waals surface area contributed by atoms with Crippen LogP contribution < -0.4 is 0 Å². The van der Waals surface area contributed by atoms with Crippen molar-refractivity contribution in [3.8, 4) is 0 Å². The molecule has 1 aliphatic rings. The van der Waals surface area contributed by atoms with Gasteiger partial charge in [0.05, 0.1) is 17.0 Å². The lowest BCUT2D eigenvalue weighted by Crippen LogP contribution is -2.47. The van der Waals surface area contributed by atoms with Crippen molar-refractivity contribution in [1.82, 2.24) is 0 Å². The summed E-state index contributed by atoms with van der Waals surface area (Å²) in [5.74, 6) is -1.35. The largest absolute Gasteiger partial charge is 0.454 e. The third-order valence-corrected chi connectivity index (χ3v) is 8.30. The SMILES string of the molecule is Cc1ccccc1C(=O)OC1C(C)c2ccccc2C(c2ccccc2C)C1OC(=O)c1ccccc1C(C)(C)C. The smallest absolute Gasteiger partial charge is 0.338 e. The minimum absolute atomic E-state index is 0.199. The number of esters is 2. The summed E-state index contributed by atoms with van der Waals surface area (Å²) < 4.78 is 12.9. The van der Waals surface area contributed by atoms with Crippen LogP contribution in [0.1, 0.15) is 93.6 Å². The summed E-state index contributed by atoms with van der Waals surface area (Å²) in [6.45, 7) is 12.3. The third-order valence-electron chi connectivity index (χ3n) is 8.30. The molecule has 0 radical (unpaired) electrons. The molecule has 0 heterocycles. The van der Waals surface area contributed by atoms with Gasteiger partial charge in [-0.25, -0.2) is 9.59 Å². The third kappa shape index (κ3) is 5.56. The number of rotatable bonds is 5. The van der Waals surface area contributed by atoms with E-state index in [9.17, 15) is 9.59 Å². The minimum atomic E-state index is -0.741. The van der Waals surface area contributed by atoms with Gasteiger partial charge in [-0.1, -0.05) is 113 Å². The van der Waals surface area contributed by atoms with Crippen molar-refractivity contribution in [2.45, 2.75) is 71.0 Å². The summed E-state index contributed by atoms with van der Waals surface area (Å²) in [6, 6.07) is 31.4. The quantitative estimate of drug-likeness (QED) is 0.236. The second-order valence-corrected chi connectivity index (χ2v) is 12.1. The number of hydrogen-bond donors (Lipinski definition) is 0. The van der Waals surface area contributed by atoms with Gasteiger partial charge in [-0.2, -0.15) is 0 Å². The molecule has 4 heteroatoms. The number of aryl methyl sites for hydroxylation is 2. The highest BCUT2D eigenvalue weighted by molar-refractivity contribution is 5.92. The van der Waals surface area contributed by atoms with Crippen LogP contribution in [0.2, 0.25) is 0 Å². The molecule has 0 fully saturated rings. The summed E-state index contributed by atoms with van der Waals surface area (Å²) >= 11 is 0. The van der Waals surface area contributed by atoms with Crippen LogP contribution in [-0.4, -0.2) is 24.1 Å². The second-order valence-electron chi connectivity index (χ2n) is 12.1. The van der Waals surface area contributed by atoms with Crippen LogP contribution in [0.3, 0.4) is 0 Å². The van der Waals surface area contributed by atoms with Crippen molar-refractivity contribution >= 4 is 11.9 Å². The molecule has 4 unspecified atom stereocenters. The molecule has 0 saturated heterocycles. The van der Waals surface area contributed by atoms with Crippen molar-refractivity contribution in [3.05, 3.63) is 142 Å². The summed E-state index contributed by atoms with van der Waals surface area (Å²) in [5, 5.41) is 0. The maximum atomic E-state index is 14.1. The highest BCUT2D eigenvalue weighted by Crippen LogP contribution is 2.46. The van der Waals surface area contributed by atoms with Gasteiger partial charge in [0.2, 0.25) is 0 Å². The Hall–Kier alpha value is -4.18. The van der Waals surface area contributed by atoms with Crippen molar-refractivity contribution in [3.63, 3.8) is 0 Å². The zero-order valence-electron chi connectivity index (χ0n) is 24.7. The Morgan fingerprint density at radius 2 is 1.07 bits per heavy atom. The fourth-order valence-corrected chi connectivity index (χ4v) is 6.11. The summed E-state index contributed by atoms with van der Waals surface area (Å²) in [6.07, 6.45) is -1.44. The first-order chi connectivity index (χ1) is 19.6. The van der Waals surface area contributed by atoms with Crippen LogP contribution >= 0.6 is 0 Å². The predicted octanol–water partition coefficient (Wildman–Crippen LogP) is 8.30. The number of benzene rings is 4. The summed E-state index contributed by atoms with van der Waals surface area (Å²) in [4.78, 5) is 27.7. The first kappa shape index (κ1) is 28.4. The van der Waals surface area contributed by atoms with Gasteiger partial charge in [-0.3, -0.25) is 0 Å².